The molecule has 1 N–H and O–H groups in total. The third kappa shape index (κ3) is 3.56. The van der Waals surface area contributed by atoms with E-state index in [0.717, 1.165) is 24.3 Å². The van der Waals surface area contributed by atoms with E-state index < -0.39 is 30.1 Å². The maximum atomic E-state index is 13.8. The van der Waals surface area contributed by atoms with Crippen LogP contribution in [0.15, 0.2) is 36.4 Å². The van der Waals surface area contributed by atoms with Gasteiger partial charge in [0.1, 0.15) is 0 Å². The van der Waals surface area contributed by atoms with E-state index in [1.807, 2.05) is 0 Å². The van der Waals surface area contributed by atoms with Crippen molar-refractivity contribution in [3.63, 3.8) is 0 Å². The molecule has 0 atom stereocenters. The fraction of sp³-hybridized carbons (Fsp3) is 0.143. The highest BCUT2D eigenvalue weighted by Crippen LogP contribution is 2.31. The molecule has 21 heavy (non-hydrogen) atoms. The third-order valence-corrected chi connectivity index (χ3v) is 2.76. The minimum atomic E-state index is -4.46. The van der Waals surface area contributed by atoms with Crippen molar-refractivity contribution < 1.29 is 27.5 Å². The number of hydrogen-bond donors (Lipinski definition) is 1. The van der Waals surface area contributed by atoms with Gasteiger partial charge in [0, 0.05) is 5.56 Å². The van der Waals surface area contributed by atoms with Crippen LogP contribution < -0.4 is 0 Å². The number of pyridine rings is 1. The quantitative estimate of drug-likeness (QED) is 0.696. The molecular weight excluding hydrogens is 290 g/mol. The summed E-state index contributed by atoms with van der Waals surface area (Å²) in [5, 5.41) is 8.58. The molecule has 2 aromatic rings. The number of carboxylic acid groups (broad SMARTS) is 1. The molecule has 0 unspecified atom stereocenters. The summed E-state index contributed by atoms with van der Waals surface area (Å²) in [5.41, 5.74) is -0.550. The second-order valence-electron chi connectivity index (χ2n) is 4.29. The van der Waals surface area contributed by atoms with Gasteiger partial charge in [-0.1, -0.05) is 12.1 Å². The maximum Gasteiger partial charge on any atom is 0.416 e. The molecular formula is C14H9F4NO2. The largest absolute Gasteiger partial charge is 0.481 e. The van der Waals surface area contributed by atoms with Crippen LogP contribution in [0.4, 0.5) is 17.6 Å². The number of aliphatic carboxylic acids is 1. The summed E-state index contributed by atoms with van der Waals surface area (Å²) in [7, 11) is 0. The molecule has 7 heteroatoms. The number of alkyl halides is 3. The summed E-state index contributed by atoms with van der Waals surface area (Å²) in [6.45, 7) is 0. The first-order valence-corrected chi connectivity index (χ1v) is 5.82. The summed E-state index contributed by atoms with van der Waals surface area (Å²) >= 11 is 0. The van der Waals surface area contributed by atoms with Gasteiger partial charge in [0.2, 0.25) is 5.95 Å². The Labute approximate surface area is 116 Å². The second-order valence-corrected chi connectivity index (χ2v) is 4.29. The molecule has 0 saturated carbocycles. The molecule has 0 aliphatic rings. The van der Waals surface area contributed by atoms with Crippen LogP contribution in [-0.2, 0) is 17.4 Å². The molecule has 0 radical (unpaired) electrons. The van der Waals surface area contributed by atoms with E-state index in [0.29, 0.717) is 0 Å². The molecule has 0 spiro atoms. The number of nitrogens with zero attached hydrogens (tertiary/aromatic N) is 1. The second kappa shape index (κ2) is 5.51. The van der Waals surface area contributed by atoms with Gasteiger partial charge in [-0.15, -0.1) is 0 Å². The standard InChI is InChI=1S/C14H9F4NO2/c15-13-11(6-5-10(19-13)7-12(20)21)8-1-3-9(4-2-8)14(16,17)18/h1-6H,7H2,(H,20,21). The zero-order chi connectivity index (χ0) is 15.6. The molecule has 110 valence electrons. The lowest BCUT2D eigenvalue weighted by atomic mass is 10.0. The van der Waals surface area contributed by atoms with Gasteiger partial charge in [-0.25, -0.2) is 4.98 Å². The minimum Gasteiger partial charge on any atom is -0.481 e. The lowest BCUT2D eigenvalue weighted by Crippen LogP contribution is -2.05. The van der Waals surface area contributed by atoms with Crippen LogP contribution in [0.25, 0.3) is 11.1 Å². The number of aromatic nitrogens is 1. The fourth-order valence-electron chi connectivity index (χ4n) is 1.78. The summed E-state index contributed by atoms with van der Waals surface area (Å²) in [5.74, 6) is -2.07. The van der Waals surface area contributed by atoms with Crippen LogP contribution in [0, 0.1) is 5.95 Å². The van der Waals surface area contributed by atoms with Gasteiger partial charge in [0.15, 0.2) is 0 Å². The number of halogens is 4. The van der Waals surface area contributed by atoms with Crippen LogP contribution >= 0.6 is 0 Å². The van der Waals surface area contributed by atoms with Crippen molar-refractivity contribution >= 4 is 5.97 Å². The molecule has 1 aromatic carbocycles. The highest BCUT2D eigenvalue weighted by atomic mass is 19.4. The molecule has 3 nitrogen and oxygen atoms in total. The van der Waals surface area contributed by atoms with Gasteiger partial charge < -0.3 is 5.11 Å². The minimum absolute atomic E-state index is 0.0119. The number of carboxylic acids is 1. The van der Waals surface area contributed by atoms with Crippen LogP contribution in [0.5, 0.6) is 0 Å². The summed E-state index contributed by atoms with van der Waals surface area (Å²) in [4.78, 5) is 14.0. The van der Waals surface area contributed by atoms with Gasteiger partial charge in [-0.3, -0.25) is 4.79 Å². The first-order chi connectivity index (χ1) is 9.77. The molecule has 0 aliphatic heterocycles. The Morgan fingerprint density at radius 1 is 1.10 bits per heavy atom. The van der Waals surface area contributed by atoms with Crippen LogP contribution in [0.3, 0.4) is 0 Å². The molecule has 0 amide bonds. The fourth-order valence-corrected chi connectivity index (χ4v) is 1.78. The monoisotopic (exact) mass is 299 g/mol. The normalized spacial score (nSPS) is 11.4. The number of carbonyl (C=O) groups is 1. The van der Waals surface area contributed by atoms with Crippen molar-refractivity contribution in [3.8, 4) is 11.1 Å². The topological polar surface area (TPSA) is 50.2 Å². The van der Waals surface area contributed by atoms with Gasteiger partial charge in [-0.2, -0.15) is 17.6 Å². The number of rotatable bonds is 3. The molecule has 0 aliphatic carbocycles. The van der Waals surface area contributed by atoms with Crippen molar-refractivity contribution in [1.29, 1.82) is 0 Å². The van der Waals surface area contributed by atoms with E-state index in [9.17, 15) is 22.4 Å². The Bertz CT molecular complexity index is 666. The van der Waals surface area contributed by atoms with E-state index in [-0.39, 0.29) is 16.8 Å². The molecule has 0 bridgehead atoms. The van der Waals surface area contributed by atoms with E-state index >= 15 is 0 Å². The smallest absolute Gasteiger partial charge is 0.416 e. The van der Waals surface area contributed by atoms with Crippen LogP contribution in [0.1, 0.15) is 11.3 Å². The van der Waals surface area contributed by atoms with E-state index in [2.05, 4.69) is 4.98 Å². The Kier molecular flexibility index (Phi) is 3.93. The first kappa shape index (κ1) is 15.0. The van der Waals surface area contributed by atoms with Gasteiger partial charge in [0.25, 0.3) is 0 Å². The molecule has 0 saturated heterocycles. The third-order valence-electron chi connectivity index (χ3n) is 2.76. The first-order valence-electron chi connectivity index (χ1n) is 5.82. The van der Waals surface area contributed by atoms with Crippen molar-refractivity contribution in [1.82, 2.24) is 4.98 Å². The van der Waals surface area contributed by atoms with Crippen molar-refractivity contribution in [3.05, 3.63) is 53.6 Å². The zero-order valence-corrected chi connectivity index (χ0v) is 10.5. The Hall–Kier alpha value is -2.44. The van der Waals surface area contributed by atoms with Crippen LogP contribution in [0.2, 0.25) is 0 Å². The summed E-state index contributed by atoms with van der Waals surface area (Å²) in [6, 6.07) is 6.59. The Morgan fingerprint density at radius 3 is 2.19 bits per heavy atom. The molecule has 0 fully saturated rings. The predicted molar refractivity (Wildman–Crippen MR) is 66.0 cm³/mol. The number of hydrogen-bond acceptors (Lipinski definition) is 2. The number of benzene rings is 1. The van der Waals surface area contributed by atoms with Crippen molar-refractivity contribution in [2.45, 2.75) is 12.6 Å². The molecule has 1 aromatic heterocycles. The average Bonchev–Trinajstić information content (AvgIpc) is 2.37. The Balaban J connectivity index is 2.32. The Morgan fingerprint density at radius 2 is 1.71 bits per heavy atom. The van der Waals surface area contributed by atoms with E-state index in [4.69, 9.17) is 5.11 Å². The highest BCUT2D eigenvalue weighted by Gasteiger charge is 2.30. The lowest BCUT2D eigenvalue weighted by Gasteiger charge is -2.08. The SMILES string of the molecule is O=C(O)Cc1ccc(-c2ccc(C(F)(F)F)cc2)c(F)n1. The average molecular weight is 299 g/mol. The zero-order valence-electron chi connectivity index (χ0n) is 10.5. The van der Waals surface area contributed by atoms with Gasteiger partial charge >= 0.3 is 12.1 Å². The lowest BCUT2D eigenvalue weighted by molar-refractivity contribution is -0.138. The summed E-state index contributed by atoms with van der Waals surface area (Å²) in [6.07, 6.45) is -4.88. The van der Waals surface area contributed by atoms with Crippen LogP contribution in [-0.4, -0.2) is 16.1 Å². The summed E-state index contributed by atoms with van der Waals surface area (Å²) < 4.78 is 51.1. The maximum absolute atomic E-state index is 13.8. The van der Waals surface area contributed by atoms with Gasteiger partial charge in [0.05, 0.1) is 17.7 Å². The highest BCUT2D eigenvalue weighted by molar-refractivity contribution is 5.70. The predicted octanol–water partition coefficient (Wildman–Crippen LogP) is 3.53. The van der Waals surface area contributed by atoms with Gasteiger partial charge in [-0.05, 0) is 29.8 Å². The molecule has 2 rings (SSSR count). The molecule has 1 heterocycles. The van der Waals surface area contributed by atoms with E-state index in [1.165, 1.54) is 12.1 Å². The van der Waals surface area contributed by atoms with Crippen molar-refractivity contribution in [2.24, 2.45) is 0 Å². The van der Waals surface area contributed by atoms with Crippen molar-refractivity contribution in [2.75, 3.05) is 0 Å². The van der Waals surface area contributed by atoms with E-state index in [1.54, 1.807) is 0 Å².